The largest absolute Gasteiger partial charge is 0.369 e. The van der Waals surface area contributed by atoms with Gasteiger partial charge in [0.1, 0.15) is 5.69 Å². The molecule has 5 nitrogen and oxygen atoms in total. The van der Waals surface area contributed by atoms with E-state index in [9.17, 15) is 0 Å². The summed E-state index contributed by atoms with van der Waals surface area (Å²) in [5.74, 6) is 0.859. The van der Waals surface area contributed by atoms with Crippen LogP contribution in [0, 0.1) is 0 Å². The van der Waals surface area contributed by atoms with Crippen molar-refractivity contribution in [3.63, 3.8) is 0 Å². The predicted octanol–water partition coefficient (Wildman–Crippen LogP) is 6.47. The van der Waals surface area contributed by atoms with Crippen molar-refractivity contribution in [3.05, 3.63) is 107 Å². The standard InChI is InChI=1S/C31H33ClN4O/c32-28-8-4-9-29(22-28)36-20-18-35(19-21-36)17-5-16-33-24-30-23-31(34-37-30)27-14-12-26(13-15-27)11-10-25-6-2-1-3-7-25/h1-4,6-15,22-23,33H,5,16-21,24H2. The molecule has 0 bridgehead atoms. The van der Waals surface area contributed by atoms with Crippen molar-refractivity contribution < 1.29 is 4.52 Å². The first-order valence-corrected chi connectivity index (χ1v) is 13.3. The first-order valence-electron chi connectivity index (χ1n) is 13.0. The van der Waals surface area contributed by atoms with E-state index in [1.807, 2.05) is 36.4 Å². The topological polar surface area (TPSA) is 44.5 Å². The molecule has 190 valence electrons. The maximum Gasteiger partial charge on any atom is 0.151 e. The van der Waals surface area contributed by atoms with Crippen LogP contribution < -0.4 is 10.2 Å². The van der Waals surface area contributed by atoms with Crippen LogP contribution in [0.25, 0.3) is 23.4 Å². The summed E-state index contributed by atoms with van der Waals surface area (Å²) in [6, 6.07) is 28.9. The Balaban J connectivity index is 1.01. The Morgan fingerprint density at radius 3 is 2.35 bits per heavy atom. The lowest BCUT2D eigenvalue weighted by Gasteiger charge is -2.36. The average Bonchev–Trinajstić information content (AvgIpc) is 3.42. The van der Waals surface area contributed by atoms with Gasteiger partial charge in [0.05, 0.1) is 6.54 Å². The van der Waals surface area contributed by atoms with Crippen molar-refractivity contribution in [2.24, 2.45) is 0 Å². The zero-order chi connectivity index (χ0) is 25.3. The smallest absolute Gasteiger partial charge is 0.151 e. The molecule has 3 aromatic carbocycles. The Hall–Kier alpha value is -3.38. The number of anilines is 1. The molecule has 1 aromatic heterocycles. The van der Waals surface area contributed by atoms with Gasteiger partial charge in [-0.05, 0) is 48.8 Å². The fraction of sp³-hybridized carbons (Fsp3) is 0.258. The van der Waals surface area contributed by atoms with Crippen LogP contribution in [0.4, 0.5) is 5.69 Å². The molecule has 0 radical (unpaired) electrons. The Kier molecular flexibility index (Phi) is 8.70. The van der Waals surface area contributed by atoms with Crippen LogP contribution in [0.3, 0.4) is 0 Å². The number of piperazine rings is 1. The number of nitrogens with zero attached hydrogens (tertiary/aromatic N) is 3. The number of rotatable bonds is 10. The van der Waals surface area contributed by atoms with Crippen LogP contribution in [-0.4, -0.2) is 49.3 Å². The molecule has 2 heterocycles. The van der Waals surface area contributed by atoms with E-state index in [0.29, 0.717) is 6.54 Å². The van der Waals surface area contributed by atoms with E-state index < -0.39 is 0 Å². The minimum Gasteiger partial charge on any atom is -0.369 e. The summed E-state index contributed by atoms with van der Waals surface area (Å²) in [6.07, 6.45) is 5.35. The Labute approximate surface area is 224 Å². The molecule has 1 N–H and O–H groups in total. The molecule has 1 saturated heterocycles. The summed E-state index contributed by atoms with van der Waals surface area (Å²) in [4.78, 5) is 4.95. The van der Waals surface area contributed by atoms with Crippen LogP contribution in [0.5, 0.6) is 0 Å². The summed E-state index contributed by atoms with van der Waals surface area (Å²) in [7, 11) is 0. The van der Waals surface area contributed by atoms with Gasteiger partial charge in [-0.2, -0.15) is 0 Å². The third-order valence-corrected chi connectivity index (χ3v) is 6.94. The Morgan fingerprint density at radius 1 is 0.838 bits per heavy atom. The molecule has 1 fully saturated rings. The first kappa shape index (κ1) is 25.3. The van der Waals surface area contributed by atoms with Crippen molar-refractivity contribution in [1.82, 2.24) is 15.4 Å². The number of aromatic nitrogens is 1. The Morgan fingerprint density at radius 2 is 1.59 bits per heavy atom. The molecule has 6 heteroatoms. The minimum atomic E-state index is 0.688. The summed E-state index contributed by atoms with van der Waals surface area (Å²) in [6.45, 7) is 6.99. The lowest BCUT2D eigenvalue weighted by molar-refractivity contribution is 0.253. The quantitative estimate of drug-likeness (QED) is 0.195. The van der Waals surface area contributed by atoms with Gasteiger partial charge in [-0.15, -0.1) is 0 Å². The zero-order valence-electron chi connectivity index (χ0n) is 21.0. The van der Waals surface area contributed by atoms with Gasteiger partial charge >= 0.3 is 0 Å². The van der Waals surface area contributed by atoms with E-state index in [1.54, 1.807) is 0 Å². The fourth-order valence-electron chi connectivity index (χ4n) is 4.60. The predicted molar refractivity (Wildman–Crippen MR) is 154 cm³/mol. The van der Waals surface area contributed by atoms with E-state index in [1.165, 1.54) is 11.3 Å². The Bertz CT molecular complexity index is 1280. The van der Waals surface area contributed by atoms with Crippen molar-refractivity contribution in [1.29, 1.82) is 0 Å². The summed E-state index contributed by atoms with van der Waals surface area (Å²) < 4.78 is 5.56. The SMILES string of the molecule is Clc1cccc(N2CCN(CCCNCc3cc(-c4ccc(C=Cc5ccccc5)cc4)no3)CC2)c1. The zero-order valence-corrected chi connectivity index (χ0v) is 21.8. The van der Waals surface area contributed by atoms with Gasteiger partial charge in [0.15, 0.2) is 5.76 Å². The van der Waals surface area contributed by atoms with Crippen molar-refractivity contribution >= 4 is 29.4 Å². The second-order valence-electron chi connectivity index (χ2n) is 9.38. The molecule has 0 atom stereocenters. The number of benzene rings is 3. The highest BCUT2D eigenvalue weighted by molar-refractivity contribution is 6.30. The van der Waals surface area contributed by atoms with Gasteiger partial charge < -0.3 is 14.7 Å². The molecule has 0 saturated carbocycles. The number of nitrogens with one attached hydrogen (secondary N) is 1. The number of hydrogen-bond donors (Lipinski definition) is 1. The fourth-order valence-corrected chi connectivity index (χ4v) is 4.78. The molecule has 4 aromatic rings. The van der Waals surface area contributed by atoms with Gasteiger partial charge in [0.25, 0.3) is 0 Å². The second-order valence-corrected chi connectivity index (χ2v) is 9.82. The van der Waals surface area contributed by atoms with Crippen LogP contribution in [0.15, 0.2) is 89.5 Å². The number of hydrogen-bond acceptors (Lipinski definition) is 5. The molecular weight excluding hydrogens is 480 g/mol. The van der Waals surface area contributed by atoms with Crippen LogP contribution in [0.1, 0.15) is 23.3 Å². The third kappa shape index (κ3) is 7.32. The lowest BCUT2D eigenvalue weighted by Crippen LogP contribution is -2.47. The van der Waals surface area contributed by atoms with E-state index in [2.05, 4.69) is 81.0 Å². The molecule has 1 aliphatic heterocycles. The van der Waals surface area contributed by atoms with Gasteiger partial charge in [0.2, 0.25) is 0 Å². The van der Waals surface area contributed by atoms with Gasteiger partial charge in [0, 0.05) is 48.5 Å². The van der Waals surface area contributed by atoms with E-state index in [-0.39, 0.29) is 0 Å². The summed E-state index contributed by atoms with van der Waals surface area (Å²) in [5, 5.41) is 8.56. The van der Waals surface area contributed by atoms with Crippen LogP contribution in [0.2, 0.25) is 5.02 Å². The van der Waals surface area contributed by atoms with Gasteiger partial charge in [-0.25, -0.2) is 0 Å². The van der Waals surface area contributed by atoms with Gasteiger partial charge in [-0.1, -0.05) is 89.6 Å². The van der Waals surface area contributed by atoms with Crippen LogP contribution >= 0.6 is 11.6 Å². The third-order valence-electron chi connectivity index (χ3n) is 6.71. The molecule has 0 spiro atoms. The lowest BCUT2D eigenvalue weighted by atomic mass is 10.1. The molecule has 37 heavy (non-hydrogen) atoms. The van der Waals surface area contributed by atoms with E-state index in [4.69, 9.17) is 16.1 Å². The highest BCUT2D eigenvalue weighted by Crippen LogP contribution is 2.22. The molecular formula is C31H33ClN4O. The average molecular weight is 513 g/mol. The highest BCUT2D eigenvalue weighted by atomic mass is 35.5. The van der Waals surface area contributed by atoms with Gasteiger partial charge in [-0.3, -0.25) is 4.90 Å². The van der Waals surface area contributed by atoms with E-state index in [0.717, 1.165) is 73.3 Å². The second kappa shape index (κ2) is 12.7. The highest BCUT2D eigenvalue weighted by Gasteiger charge is 2.17. The van der Waals surface area contributed by atoms with E-state index >= 15 is 0 Å². The molecule has 5 rings (SSSR count). The molecule has 0 amide bonds. The maximum atomic E-state index is 6.14. The minimum absolute atomic E-state index is 0.688. The molecule has 1 aliphatic rings. The van der Waals surface area contributed by atoms with Crippen molar-refractivity contribution in [2.45, 2.75) is 13.0 Å². The first-order chi connectivity index (χ1) is 18.2. The summed E-state index contributed by atoms with van der Waals surface area (Å²) >= 11 is 6.14. The van der Waals surface area contributed by atoms with Crippen LogP contribution in [-0.2, 0) is 6.54 Å². The normalized spacial score (nSPS) is 14.5. The monoisotopic (exact) mass is 512 g/mol. The molecule has 0 aliphatic carbocycles. The summed E-state index contributed by atoms with van der Waals surface area (Å²) in [5.41, 5.74) is 5.49. The van der Waals surface area contributed by atoms with Crippen molar-refractivity contribution in [2.75, 3.05) is 44.2 Å². The maximum absolute atomic E-state index is 6.14. The number of halogens is 1. The molecule has 0 unspecified atom stereocenters. The van der Waals surface area contributed by atoms with Crippen molar-refractivity contribution in [3.8, 4) is 11.3 Å².